The Kier molecular flexibility index (Phi) is 2.57. The van der Waals surface area contributed by atoms with E-state index >= 15 is 0 Å². The number of fused-ring (bicyclic) bond motifs is 1. The van der Waals surface area contributed by atoms with Crippen LogP contribution in [0.4, 0.5) is 0 Å². The zero-order valence-corrected chi connectivity index (χ0v) is 9.31. The summed E-state index contributed by atoms with van der Waals surface area (Å²) in [7, 11) is 0. The molecular weight excluding hydrogens is 218 g/mol. The predicted molar refractivity (Wildman–Crippen MR) is 62.9 cm³/mol. The number of nitrogens with one attached hydrogen (secondary N) is 1. The first-order chi connectivity index (χ1) is 8.34. The highest BCUT2D eigenvalue weighted by atomic mass is 16.5. The summed E-state index contributed by atoms with van der Waals surface area (Å²) in [5.74, 6) is 0.293. The number of rotatable bonds is 2. The molecule has 1 saturated heterocycles. The quantitative estimate of drug-likeness (QED) is 0.636. The fourth-order valence-electron chi connectivity index (χ4n) is 2.06. The van der Waals surface area contributed by atoms with Crippen LogP contribution in [-0.4, -0.2) is 24.2 Å². The lowest BCUT2D eigenvalue weighted by Gasteiger charge is -2.08. The maximum atomic E-state index is 11.9. The van der Waals surface area contributed by atoms with Crippen LogP contribution in [0.2, 0.25) is 0 Å². The number of carbonyl (C=O) groups is 1. The molecule has 1 aliphatic heterocycles. The van der Waals surface area contributed by atoms with E-state index in [9.17, 15) is 4.79 Å². The lowest BCUT2D eigenvalue weighted by molar-refractivity contribution is -0.138. The second kappa shape index (κ2) is 4.22. The number of aromatic nitrogens is 1. The number of esters is 1. The van der Waals surface area contributed by atoms with Gasteiger partial charge in [-0.2, -0.15) is 0 Å². The summed E-state index contributed by atoms with van der Waals surface area (Å²) in [4.78, 5) is 15.0. The molecule has 4 nitrogen and oxygen atoms in total. The van der Waals surface area contributed by atoms with Crippen molar-refractivity contribution in [3.8, 4) is 5.75 Å². The van der Waals surface area contributed by atoms with Crippen molar-refractivity contribution in [2.45, 2.75) is 6.42 Å². The largest absolute Gasteiger partial charge is 0.426 e. The van der Waals surface area contributed by atoms with Crippen LogP contribution in [0.15, 0.2) is 30.5 Å². The molecule has 1 N–H and O–H groups in total. The molecule has 1 aliphatic rings. The molecule has 2 heterocycles. The molecule has 0 aliphatic carbocycles. The molecular formula is C13H13NO3. The molecule has 1 fully saturated rings. The van der Waals surface area contributed by atoms with Crippen LogP contribution in [0.5, 0.6) is 5.75 Å². The number of carbonyl (C=O) groups excluding carboxylic acids is 1. The average Bonchev–Trinajstić information content (AvgIpc) is 3.00. The SMILES string of the molecule is O=C(Oc1cccc2[nH]ccc12)C1CCOC1. The molecule has 0 bridgehead atoms. The fourth-order valence-corrected chi connectivity index (χ4v) is 2.06. The van der Waals surface area contributed by atoms with Gasteiger partial charge in [0.1, 0.15) is 5.75 Å². The van der Waals surface area contributed by atoms with E-state index < -0.39 is 0 Å². The van der Waals surface area contributed by atoms with Gasteiger partial charge in [-0.05, 0) is 24.6 Å². The highest BCUT2D eigenvalue weighted by molar-refractivity contribution is 5.88. The molecule has 2 aromatic rings. The summed E-state index contributed by atoms with van der Waals surface area (Å²) in [6.07, 6.45) is 2.59. The van der Waals surface area contributed by atoms with Gasteiger partial charge in [0, 0.05) is 23.7 Å². The van der Waals surface area contributed by atoms with Gasteiger partial charge in [0.2, 0.25) is 0 Å². The molecule has 0 amide bonds. The number of benzene rings is 1. The summed E-state index contributed by atoms with van der Waals surface area (Å²) in [6.45, 7) is 1.12. The lowest BCUT2D eigenvalue weighted by atomic mass is 10.1. The van der Waals surface area contributed by atoms with Crippen LogP contribution < -0.4 is 4.74 Å². The Morgan fingerprint density at radius 3 is 3.18 bits per heavy atom. The Hall–Kier alpha value is -1.81. The molecule has 1 aromatic carbocycles. The first kappa shape index (κ1) is 10.4. The molecule has 4 heteroatoms. The molecule has 88 valence electrons. The topological polar surface area (TPSA) is 51.3 Å². The number of H-pyrrole nitrogens is 1. The standard InChI is InChI=1S/C13H13NO3/c15-13(9-5-7-16-8-9)17-12-3-1-2-11-10(12)4-6-14-11/h1-4,6,9,14H,5,7-8H2. The van der Waals surface area contributed by atoms with Crippen molar-refractivity contribution >= 4 is 16.9 Å². The number of ether oxygens (including phenoxy) is 2. The molecule has 1 atom stereocenters. The zero-order chi connectivity index (χ0) is 11.7. The normalized spacial score (nSPS) is 19.6. The Morgan fingerprint density at radius 1 is 1.41 bits per heavy atom. The average molecular weight is 231 g/mol. The molecule has 0 spiro atoms. The molecule has 0 radical (unpaired) electrons. The Labute approximate surface area is 98.5 Å². The highest BCUT2D eigenvalue weighted by Gasteiger charge is 2.25. The molecule has 0 saturated carbocycles. The summed E-state index contributed by atoms with van der Waals surface area (Å²) < 4.78 is 10.6. The van der Waals surface area contributed by atoms with Gasteiger partial charge in [-0.3, -0.25) is 4.79 Å². The predicted octanol–water partition coefficient (Wildman–Crippen LogP) is 2.11. The minimum Gasteiger partial charge on any atom is -0.426 e. The van der Waals surface area contributed by atoms with E-state index in [1.54, 1.807) is 0 Å². The van der Waals surface area contributed by atoms with Crippen molar-refractivity contribution in [1.82, 2.24) is 4.98 Å². The van der Waals surface area contributed by atoms with E-state index in [0.717, 1.165) is 17.3 Å². The van der Waals surface area contributed by atoms with Gasteiger partial charge in [0.25, 0.3) is 0 Å². The van der Waals surface area contributed by atoms with Crippen molar-refractivity contribution < 1.29 is 14.3 Å². The fraction of sp³-hybridized carbons (Fsp3) is 0.308. The smallest absolute Gasteiger partial charge is 0.316 e. The minimum absolute atomic E-state index is 0.121. The van der Waals surface area contributed by atoms with E-state index in [0.29, 0.717) is 19.0 Å². The van der Waals surface area contributed by atoms with E-state index in [-0.39, 0.29) is 11.9 Å². The van der Waals surface area contributed by atoms with Crippen molar-refractivity contribution in [1.29, 1.82) is 0 Å². The maximum Gasteiger partial charge on any atom is 0.316 e. The van der Waals surface area contributed by atoms with E-state index in [1.807, 2.05) is 30.5 Å². The second-order valence-corrected chi connectivity index (χ2v) is 4.18. The summed E-state index contributed by atoms with van der Waals surface area (Å²) in [6, 6.07) is 7.53. The van der Waals surface area contributed by atoms with Crippen LogP contribution in [0.1, 0.15) is 6.42 Å². The number of hydrogen-bond acceptors (Lipinski definition) is 3. The third-order valence-electron chi connectivity index (χ3n) is 3.03. The Morgan fingerprint density at radius 2 is 2.35 bits per heavy atom. The van der Waals surface area contributed by atoms with Crippen LogP contribution in [0, 0.1) is 5.92 Å². The third kappa shape index (κ3) is 1.91. The van der Waals surface area contributed by atoms with Gasteiger partial charge in [0.05, 0.1) is 12.5 Å². The van der Waals surface area contributed by atoms with Crippen LogP contribution >= 0.6 is 0 Å². The number of aromatic amines is 1. The van der Waals surface area contributed by atoms with Crippen LogP contribution in [0.25, 0.3) is 10.9 Å². The van der Waals surface area contributed by atoms with Crippen molar-refractivity contribution in [2.75, 3.05) is 13.2 Å². The first-order valence-corrected chi connectivity index (χ1v) is 5.70. The lowest BCUT2D eigenvalue weighted by Crippen LogP contribution is -2.20. The van der Waals surface area contributed by atoms with Gasteiger partial charge in [-0.25, -0.2) is 0 Å². The van der Waals surface area contributed by atoms with Crippen molar-refractivity contribution in [3.63, 3.8) is 0 Å². The molecule has 3 rings (SSSR count). The summed E-state index contributed by atoms with van der Waals surface area (Å²) in [5.41, 5.74) is 0.970. The molecule has 1 unspecified atom stereocenters. The molecule has 17 heavy (non-hydrogen) atoms. The van der Waals surface area contributed by atoms with Crippen molar-refractivity contribution in [3.05, 3.63) is 30.5 Å². The highest BCUT2D eigenvalue weighted by Crippen LogP contribution is 2.26. The minimum atomic E-state index is -0.198. The van der Waals surface area contributed by atoms with Gasteiger partial charge >= 0.3 is 5.97 Å². The summed E-state index contributed by atoms with van der Waals surface area (Å²) in [5, 5.41) is 0.930. The zero-order valence-electron chi connectivity index (χ0n) is 9.31. The van der Waals surface area contributed by atoms with Gasteiger partial charge in [0.15, 0.2) is 0 Å². The maximum absolute atomic E-state index is 11.9. The third-order valence-corrected chi connectivity index (χ3v) is 3.03. The van der Waals surface area contributed by atoms with Crippen LogP contribution in [-0.2, 0) is 9.53 Å². The van der Waals surface area contributed by atoms with E-state index in [2.05, 4.69) is 4.98 Å². The summed E-state index contributed by atoms with van der Waals surface area (Å²) >= 11 is 0. The Balaban J connectivity index is 1.84. The molecule has 1 aromatic heterocycles. The van der Waals surface area contributed by atoms with Crippen molar-refractivity contribution in [2.24, 2.45) is 5.92 Å². The first-order valence-electron chi connectivity index (χ1n) is 5.70. The monoisotopic (exact) mass is 231 g/mol. The van der Waals surface area contributed by atoms with E-state index in [1.165, 1.54) is 0 Å². The van der Waals surface area contributed by atoms with Gasteiger partial charge in [-0.1, -0.05) is 6.07 Å². The van der Waals surface area contributed by atoms with E-state index in [4.69, 9.17) is 9.47 Å². The second-order valence-electron chi connectivity index (χ2n) is 4.18. The number of hydrogen-bond donors (Lipinski definition) is 1. The Bertz CT molecular complexity index is 540. The van der Waals surface area contributed by atoms with Gasteiger partial charge < -0.3 is 14.5 Å². The van der Waals surface area contributed by atoms with Crippen LogP contribution in [0.3, 0.4) is 0 Å². The van der Waals surface area contributed by atoms with Gasteiger partial charge in [-0.15, -0.1) is 0 Å².